The number of hydrogen-bond acceptors (Lipinski definition) is 7. The number of carbonyl (C=O) groups excluding carboxylic acids is 2. The zero-order chi connectivity index (χ0) is 18.8. The summed E-state index contributed by atoms with van der Waals surface area (Å²) in [5.41, 5.74) is 0.513. The summed E-state index contributed by atoms with van der Waals surface area (Å²) < 4.78 is 0. The van der Waals surface area contributed by atoms with E-state index in [1.54, 1.807) is 6.07 Å². The van der Waals surface area contributed by atoms with E-state index in [1.165, 1.54) is 42.5 Å². The summed E-state index contributed by atoms with van der Waals surface area (Å²) in [6, 6.07) is 9.89. The monoisotopic (exact) mass is 372 g/mol. The van der Waals surface area contributed by atoms with Crippen molar-refractivity contribution in [3.05, 3.63) is 68.6 Å². The molecule has 3 rings (SSSR count). The van der Waals surface area contributed by atoms with Crippen molar-refractivity contribution in [1.82, 2.24) is 4.90 Å². The molecule has 2 aromatic rings. The number of nitrogens with zero attached hydrogens (tertiary/aromatic N) is 2. The standard InChI is InChI=1S/C17H12N2O6S/c20-13-6-5-10(7-14(13)21)8-15-16(22)18(17(23)26-15)9-11-3-1-2-4-12(11)19(24)25/h1-8,20-21H,9H2/b15-8+. The highest BCUT2D eigenvalue weighted by atomic mass is 32.2. The van der Waals surface area contributed by atoms with Crippen LogP contribution in [0.2, 0.25) is 0 Å². The van der Waals surface area contributed by atoms with E-state index in [4.69, 9.17) is 0 Å². The van der Waals surface area contributed by atoms with Gasteiger partial charge in [-0.25, -0.2) is 0 Å². The molecule has 0 aromatic heterocycles. The Morgan fingerprint density at radius 3 is 2.54 bits per heavy atom. The third-order valence-corrected chi connectivity index (χ3v) is 4.59. The first kappa shape index (κ1) is 17.5. The molecule has 0 aliphatic carbocycles. The van der Waals surface area contributed by atoms with Crippen molar-refractivity contribution < 1.29 is 24.7 Å². The summed E-state index contributed by atoms with van der Waals surface area (Å²) in [6.07, 6.45) is 1.41. The zero-order valence-electron chi connectivity index (χ0n) is 13.2. The fraction of sp³-hybridized carbons (Fsp3) is 0.0588. The van der Waals surface area contributed by atoms with Crippen molar-refractivity contribution in [2.24, 2.45) is 0 Å². The van der Waals surface area contributed by atoms with Crippen LogP contribution in [0.25, 0.3) is 6.08 Å². The largest absolute Gasteiger partial charge is 0.504 e. The highest BCUT2D eigenvalue weighted by Gasteiger charge is 2.36. The smallest absolute Gasteiger partial charge is 0.293 e. The lowest BCUT2D eigenvalue weighted by Crippen LogP contribution is -2.27. The number of aromatic hydroxyl groups is 2. The molecule has 26 heavy (non-hydrogen) atoms. The van der Waals surface area contributed by atoms with Crippen molar-refractivity contribution in [1.29, 1.82) is 0 Å². The van der Waals surface area contributed by atoms with Crippen LogP contribution >= 0.6 is 11.8 Å². The van der Waals surface area contributed by atoms with Crippen LogP contribution in [-0.2, 0) is 11.3 Å². The molecule has 1 fully saturated rings. The number of rotatable bonds is 4. The predicted molar refractivity (Wildman–Crippen MR) is 94.4 cm³/mol. The van der Waals surface area contributed by atoms with E-state index >= 15 is 0 Å². The van der Waals surface area contributed by atoms with Gasteiger partial charge in [-0.2, -0.15) is 0 Å². The molecule has 1 heterocycles. The zero-order valence-corrected chi connectivity index (χ0v) is 14.0. The molecule has 1 saturated heterocycles. The van der Waals surface area contributed by atoms with Gasteiger partial charge < -0.3 is 10.2 Å². The second-order valence-corrected chi connectivity index (χ2v) is 6.40. The van der Waals surface area contributed by atoms with Crippen molar-refractivity contribution in [2.75, 3.05) is 0 Å². The van der Waals surface area contributed by atoms with Gasteiger partial charge in [0.15, 0.2) is 11.5 Å². The summed E-state index contributed by atoms with van der Waals surface area (Å²) >= 11 is 0.705. The number of nitro groups is 1. The van der Waals surface area contributed by atoms with Gasteiger partial charge in [-0.3, -0.25) is 24.6 Å². The van der Waals surface area contributed by atoms with Gasteiger partial charge in [0, 0.05) is 11.6 Å². The average molecular weight is 372 g/mol. The van der Waals surface area contributed by atoms with E-state index in [9.17, 15) is 29.9 Å². The number of imide groups is 1. The van der Waals surface area contributed by atoms with Crippen molar-refractivity contribution in [3.63, 3.8) is 0 Å². The van der Waals surface area contributed by atoms with E-state index in [2.05, 4.69) is 0 Å². The summed E-state index contributed by atoms with van der Waals surface area (Å²) in [5.74, 6) is -1.23. The Morgan fingerprint density at radius 1 is 1.12 bits per heavy atom. The third kappa shape index (κ3) is 3.38. The minimum absolute atomic E-state index is 0.124. The average Bonchev–Trinajstić information content (AvgIpc) is 2.86. The Labute approximate surface area is 151 Å². The number of thioether (sulfide) groups is 1. The van der Waals surface area contributed by atoms with Gasteiger partial charge >= 0.3 is 0 Å². The fourth-order valence-electron chi connectivity index (χ4n) is 2.41. The Bertz CT molecular complexity index is 956. The van der Waals surface area contributed by atoms with Gasteiger partial charge in [0.05, 0.1) is 16.4 Å². The fourth-order valence-corrected chi connectivity index (χ4v) is 3.25. The molecular formula is C17H12N2O6S. The first-order valence-corrected chi connectivity index (χ1v) is 8.18. The number of hydrogen-bond donors (Lipinski definition) is 2. The maximum atomic E-state index is 12.5. The lowest BCUT2D eigenvalue weighted by Gasteiger charge is -2.12. The van der Waals surface area contributed by atoms with Crippen LogP contribution in [0, 0.1) is 10.1 Å². The van der Waals surface area contributed by atoms with E-state index in [0.29, 0.717) is 17.3 Å². The molecule has 0 atom stereocenters. The topological polar surface area (TPSA) is 121 Å². The van der Waals surface area contributed by atoms with Crippen molar-refractivity contribution in [2.45, 2.75) is 6.54 Å². The van der Waals surface area contributed by atoms with Crippen LogP contribution < -0.4 is 0 Å². The molecule has 1 aliphatic heterocycles. The lowest BCUT2D eigenvalue weighted by molar-refractivity contribution is -0.385. The van der Waals surface area contributed by atoms with E-state index in [0.717, 1.165) is 4.90 Å². The second kappa shape index (κ2) is 6.89. The Kier molecular flexibility index (Phi) is 4.63. The summed E-state index contributed by atoms with van der Waals surface area (Å²) in [6.45, 7) is -0.208. The minimum Gasteiger partial charge on any atom is -0.504 e. The Morgan fingerprint density at radius 2 is 1.85 bits per heavy atom. The number of phenols is 2. The van der Waals surface area contributed by atoms with Crippen LogP contribution in [0.3, 0.4) is 0 Å². The molecule has 9 heteroatoms. The van der Waals surface area contributed by atoms with Crippen LogP contribution in [0.15, 0.2) is 47.4 Å². The number of amides is 2. The molecule has 2 aromatic carbocycles. The van der Waals surface area contributed by atoms with Crippen molar-refractivity contribution >= 4 is 34.7 Å². The predicted octanol–water partition coefficient (Wildman–Crippen LogP) is 3.24. The summed E-state index contributed by atoms with van der Waals surface area (Å²) in [4.78, 5) is 36.2. The van der Waals surface area contributed by atoms with Gasteiger partial charge in [0.25, 0.3) is 16.8 Å². The van der Waals surface area contributed by atoms with Gasteiger partial charge in [0.1, 0.15) is 0 Å². The quantitative estimate of drug-likeness (QED) is 0.366. The highest BCUT2D eigenvalue weighted by Crippen LogP contribution is 2.35. The molecule has 132 valence electrons. The van der Waals surface area contributed by atoms with Crippen LogP contribution in [0.1, 0.15) is 11.1 Å². The first-order valence-electron chi connectivity index (χ1n) is 7.36. The number of para-hydroxylation sites is 1. The van der Waals surface area contributed by atoms with Crippen LogP contribution in [0.5, 0.6) is 11.5 Å². The highest BCUT2D eigenvalue weighted by molar-refractivity contribution is 8.18. The molecule has 0 radical (unpaired) electrons. The summed E-state index contributed by atoms with van der Waals surface area (Å²) in [7, 11) is 0. The van der Waals surface area contributed by atoms with E-state index in [1.807, 2.05) is 0 Å². The molecule has 2 N–H and O–H groups in total. The SMILES string of the molecule is O=C1S/C(=C/c2ccc(O)c(O)c2)C(=O)N1Cc1ccccc1[N+](=O)[O-]. The number of carbonyl (C=O) groups is 2. The molecule has 0 saturated carbocycles. The van der Waals surface area contributed by atoms with E-state index in [-0.39, 0.29) is 34.2 Å². The van der Waals surface area contributed by atoms with Crippen LogP contribution in [0.4, 0.5) is 10.5 Å². The first-order chi connectivity index (χ1) is 12.4. The maximum Gasteiger partial charge on any atom is 0.293 e. The second-order valence-electron chi connectivity index (χ2n) is 5.40. The van der Waals surface area contributed by atoms with Gasteiger partial charge in [-0.15, -0.1) is 0 Å². The van der Waals surface area contributed by atoms with Crippen LogP contribution in [-0.4, -0.2) is 31.2 Å². The molecule has 0 spiro atoms. The molecular weight excluding hydrogens is 360 g/mol. The molecule has 0 unspecified atom stereocenters. The van der Waals surface area contributed by atoms with Gasteiger partial charge in [0.2, 0.25) is 0 Å². The van der Waals surface area contributed by atoms with Crippen molar-refractivity contribution in [3.8, 4) is 11.5 Å². The van der Waals surface area contributed by atoms with Gasteiger partial charge in [-0.1, -0.05) is 24.3 Å². The number of nitro benzene ring substituents is 1. The molecule has 2 amide bonds. The lowest BCUT2D eigenvalue weighted by atomic mass is 10.1. The minimum atomic E-state index is -0.578. The molecule has 0 bridgehead atoms. The Hall–Kier alpha value is -3.33. The normalized spacial score (nSPS) is 15.7. The summed E-state index contributed by atoms with van der Waals surface area (Å²) in [5, 5.41) is 29.4. The molecule has 8 nitrogen and oxygen atoms in total. The third-order valence-electron chi connectivity index (χ3n) is 3.69. The van der Waals surface area contributed by atoms with Gasteiger partial charge in [-0.05, 0) is 35.5 Å². The Balaban J connectivity index is 1.87. The number of benzene rings is 2. The maximum absolute atomic E-state index is 12.5. The van der Waals surface area contributed by atoms with E-state index < -0.39 is 16.1 Å². The number of phenolic OH excluding ortho intramolecular Hbond substituents is 2. The molecule has 1 aliphatic rings.